The molecule has 0 saturated heterocycles. The summed E-state index contributed by atoms with van der Waals surface area (Å²) >= 11 is 0. The van der Waals surface area contributed by atoms with Crippen LogP contribution < -0.4 is 5.32 Å². The van der Waals surface area contributed by atoms with Crippen LogP contribution in [0.5, 0.6) is 0 Å². The number of anilines is 1. The number of benzene rings is 2. The van der Waals surface area contributed by atoms with E-state index in [-0.39, 0.29) is 0 Å². The highest BCUT2D eigenvalue weighted by atomic mass is 15.1. The van der Waals surface area contributed by atoms with Gasteiger partial charge < -0.3 is 10.2 Å². The second-order valence-electron chi connectivity index (χ2n) is 5.50. The maximum absolute atomic E-state index is 3.51. The van der Waals surface area contributed by atoms with Gasteiger partial charge in [0, 0.05) is 25.3 Å². The number of fused-ring (bicyclic) bond motifs is 1. The summed E-state index contributed by atoms with van der Waals surface area (Å²) in [6.45, 7) is 5.31. The van der Waals surface area contributed by atoms with Crippen LogP contribution in [0.1, 0.15) is 18.1 Å². The summed E-state index contributed by atoms with van der Waals surface area (Å²) in [4.78, 5) is 2.40. The second kappa shape index (κ2) is 5.68. The first-order chi connectivity index (χ1) is 9.79. The Kier molecular flexibility index (Phi) is 3.75. The van der Waals surface area contributed by atoms with E-state index < -0.39 is 0 Å². The summed E-state index contributed by atoms with van der Waals surface area (Å²) in [7, 11) is 2.20. The number of nitrogens with one attached hydrogen (secondary N) is 1. The quantitative estimate of drug-likeness (QED) is 0.909. The topological polar surface area (TPSA) is 15.3 Å². The molecule has 0 atom stereocenters. The van der Waals surface area contributed by atoms with Crippen LogP contribution in [0.25, 0.3) is 11.1 Å². The first-order valence-electron chi connectivity index (χ1n) is 7.42. The summed E-state index contributed by atoms with van der Waals surface area (Å²) in [6.07, 6.45) is 1.13. The molecule has 0 unspecified atom stereocenters. The summed E-state index contributed by atoms with van der Waals surface area (Å²) in [6, 6.07) is 15.3. The van der Waals surface area contributed by atoms with E-state index in [9.17, 15) is 0 Å². The molecule has 1 heterocycles. The van der Waals surface area contributed by atoms with Gasteiger partial charge in [-0.05, 0) is 48.7 Å². The van der Waals surface area contributed by atoms with Crippen molar-refractivity contribution in [2.24, 2.45) is 0 Å². The van der Waals surface area contributed by atoms with Crippen molar-refractivity contribution in [3.05, 3.63) is 53.6 Å². The van der Waals surface area contributed by atoms with Gasteiger partial charge in [0.15, 0.2) is 0 Å². The molecule has 3 rings (SSSR count). The van der Waals surface area contributed by atoms with E-state index in [4.69, 9.17) is 0 Å². The maximum Gasteiger partial charge on any atom is 0.0389 e. The van der Waals surface area contributed by atoms with E-state index in [0.29, 0.717) is 0 Å². The minimum Gasteiger partial charge on any atom is -0.385 e. The Balaban J connectivity index is 2.11. The molecule has 2 aromatic rings. The minimum absolute atomic E-state index is 0.973. The van der Waals surface area contributed by atoms with Crippen LogP contribution in [0, 0.1) is 0 Å². The number of rotatable bonds is 3. The molecule has 1 N–H and O–H groups in total. The van der Waals surface area contributed by atoms with Crippen LogP contribution in [0.4, 0.5) is 5.69 Å². The van der Waals surface area contributed by atoms with E-state index in [1.807, 2.05) is 0 Å². The van der Waals surface area contributed by atoms with Crippen molar-refractivity contribution in [3.8, 4) is 11.1 Å². The lowest BCUT2D eigenvalue weighted by Crippen LogP contribution is -2.28. The Labute approximate surface area is 121 Å². The van der Waals surface area contributed by atoms with Crippen LogP contribution in [0.3, 0.4) is 0 Å². The van der Waals surface area contributed by atoms with E-state index in [2.05, 4.69) is 66.7 Å². The van der Waals surface area contributed by atoms with Crippen molar-refractivity contribution < 1.29 is 0 Å². The van der Waals surface area contributed by atoms with E-state index in [1.165, 1.54) is 27.9 Å². The van der Waals surface area contributed by atoms with Crippen LogP contribution in [0.15, 0.2) is 42.5 Å². The van der Waals surface area contributed by atoms with Crippen molar-refractivity contribution in [3.63, 3.8) is 0 Å². The molecule has 0 saturated carbocycles. The Bertz CT molecular complexity index is 590. The molecule has 2 nitrogen and oxygen atoms in total. The predicted molar refractivity (Wildman–Crippen MR) is 86.1 cm³/mol. The molecule has 0 aliphatic carbocycles. The summed E-state index contributed by atoms with van der Waals surface area (Å²) in [5.41, 5.74) is 7.02. The first-order valence-corrected chi connectivity index (χ1v) is 7.42. The van der Waals surface area contributed by atoms with Crippen LogP contribution in [-0.4, -0.2) is 25.0 Å². The summed E-state index contributed by atoms with van der Waals surface area (Å²) in [5.74, 6) is 0. The fraction of sp³-hybridized carbons (Fsp3) is 0.333. The number of likely N-dealkylation sites (N-methyl/N-ethyl adjacent to an activating group) is 1. The zero-order valence-electron chi connectivity index (χ0n) is 12.3. The van der Waals surface area contributed by atoms with Gasteiger partial charge in [-0.3, -0.25) is 0 Å². The smallest absolute Gasteiger partial charge is 0.0389 e. The molecule has 0 fully saturated rings. The highest BCUT2D eigenvalue weighted by Crippen LogP contribution is 2.34. The van der Waals surface area contributed by atoms with Gasteiger partial charge in [-0.2, -0.15) is 0 Å². The highest BCUT2D eigenvalue weighted by Gasteiger charge is 2.20. The predicted octanol–water partition coefficient (Wildman–Crippen LogP) is 3.77. The van der Waals surface area contributed by atoms with Crippen LogP contribution >= 0.6 is 0 Å². The molecular weight excluding hydrogens is 244 g/mol. The van der Waals surface area contributed by atoms with Gasteiger partial charge >= 0.3 is 0 Å². The fourth-order valence-corrected chi connectivity index (χ4v) is 3.06. The Hall–Kier alpha value is -1.80. The molecule has 0 spiro atoms. The average molecular weight is 266 g/mol. The zero-order valence-corrected chi connectivity index (χ0v) is 12.3. The average Bonchev–Trinajstić information content (AvgIpc) is 2.49. The maximum atomic E-state index is 3.51. The Morgan fingerprint density at radius 2 is 1.85 bits per heavy atom. The third kappa shape index (κ3) is 2.44. The third-order valence-electron chi connectivity index (χ3n) is 4.05. The van der Waals surface area contributed by atoms with E-state index in [0.717, 1.165) is 26.1 Å². The molecular formula is C18H22N2. The normalized spacial score (nSPS) is 14.9. The Morgan fingerprint density at radius 3 is 2.60 bits per heavy atom. The van der Waals surface area contributed by atoms with Crippen LogP contribution in [0.2, 0.25) is 0 Å². The van der Waals surface area contributed by atoms with Gasteiger partial charge in [-0.1, -0.05) is 36.4 Å². The van der Waals surface area contributed by atoms with Crippen LogP contribution in [-0.2, 0) is 13.0 Å². The van der Waals surface area contributed by atoms with Gasteiger partial charge in [-0.15, -0.1) is 0 Å². The molecule has 0 radical (unpaired) electrons. The summed E-state index contributed by atoms with van der Waals surface area (Å²) in [5, 5.41) is 3.51. The zero-order chi connectivity index (χ0) is 13.9. The SMILES string of the molecule is CCNc1ccc(-c2ccccc2)c2c1CN(C)CC2. The van der Waals surface area contributed by atoms with Crippen molar-refractivity contribution >= 4 is 5.69 Å². The Morgan fingerprint density at radius 1 is 1.05 bits per heavy atom. The van der Waals surface area contributed by atoms with Crippen molar-refractivity contribution in [1.29, 1.82) is 0 Å². The van der Waals surface area contributed by atoms with Crippen molar-refractivity contribution in [2.45, 2.75) is 19.9 Å². The molecule has 2 aromatic carbocycles. The molecule has 20 heavy (non-hydrogen) atoms. The molecule has 2 heteroatoms. The lowest BCUT2D eigenvalue weighted by Gasteiger charge is -2.29. The van der Waals surface area contributed by atoms with E-state index in [1.54, 1.807) is 0 Å². The highest BCUT2D eigenvalue weighted by molar-refractivity contribution is 5.74. The van der Waals surface area contributed by atoms with Gasteiger partial charge in [0.25, 0.3) is 0 Å². The van der Waals surface area contributed by atoms with Gasteiger partial charge in [-0.25, -0.2) is 0 Å². The first kappa shape index (κ1) is 13.2. The number of hydrogen-bond acceptors (Lipinski definition) is 2. The fourth-order valence-electron chi connectivity index (χ4n) is 3.06. The standard InChI is InChI=1S/C18H22N2/c1-3-19-18-10-9-15(14-7-5-4-6-8-14)16-11-12-20(2)13-17(16)18/h4-10,19H,3,11-13H2,1-2H3. The molecule has 1 aliphatic rings. The van der Waals surface area contributed by atoms with E-state index >= 15 is 0 Å². The van der Waals surface area contributed by atoms with Gasteiger partial charge in [0.2, 0.25) is 0 Å². The minimum atomic E-state index is 0.973. The lowest BCUT2D eigenvalue weighted by atomic mass is 9.89. The monoisotopic (exact) mass is 266 g/mol. The second-order valence-corrected chi connectivity index (χ2v) is 5.50. The summed E-state index contributed by atoms with van der Waals surface area (Å²) < 4.78 is 0. The van der Waals surface area contributed by atoms with Crippen molar-refractivity contribution in [2.75, 3.05) is 25.5 Å². The third-order valence-corrected chi connectivity index (χ3v) is 4.05. The van der Waals surface area contributed by atoms with Gasteiger partial charge in [0.05, 0.1) is 0 Å². The molecule has 104 valence electrons. The van der Waals surface area contributed by atoms with Gasteiger partial charge in [0.1, 0.15) is 0 Å². The molecule has 0 aromatic heterocycles. The van der Waals surface area contributed by atoms with Crippen molar-refractivity contribution in [1.82, 2.24) is 4.90 Å². The number of hydrogen-bond donors (Lipinski definition) is 1. The largest absolute Gasteiger partial charge is 0.385 e. The molecule has 1 aliphatic heterocycles. The molecule has 0 amide bonds. The number of nitrogens with zero attached hydrogens (tertiary/aromatic N) is 1. The molecule has 0 bridgehead atoms. The lowest BCUT2D eigenvalue weighted by molar-refractivity contribution is 0.314.